The van der Waals surface area contributed by atoms with E-state index in [1.54, 1.807) is 19.1 Å². The Morgan fingerprint density at radius 1 is 1.36 bits per heavy atom. The van der Waals surface area contributed by atoms with Gasteiger partial charge >= 0.3 is 5.97 Å². The van der Waals surface area contributed by atoms with Crippen molar-refractivity contribution in [3.05, 3.63) is 28.8 Å². The van der Waals surface area contributed by atoms with Gasteiger partial charge in [-0.05, 0) is 50.5 Å². The Morgan fingerprint density at radius 3 is 2.73 bits per heavy atom. The van der Waals surface area contributed by atoms with Gasteiger partial charge < -0.3 is 15.2 Å². The summed E-state index contributed by atoms with van der Waals surface area (Å²) in [4.78, 5) is 22.1. The van der Waals surface area contributed by atoms with Crippen LogP contribution in [0.5, 0.6) is 5.75 Å². The van der Waals surface area contributed by atoms with Crippen molar-refractivity contribution in [2.75, 3.05) is 6.61 Å². The van der Waals surface area contributed by atoms with Crippen LogP contribution in [0.15, 0.2) is 18.2 Å². The molecule has 0 spiro atoms. The van der Waals surface area contributed by atoms with Crippen LogP contribution in [0.2, 0.25) is 5.02 Å². The number of carboxylic acids is 1. The fourth-order valence-electron chi connectivity index (χ4n) is 1.89. The second-order valence-electron chi connectivity index (χ2n) is 5.26. The van der Waals surface area contributed by atoms with E-state index in [1.165, 1.54) is 0 Å². The highest BCUT2D eigenvalue weighted by molar-refractivity contribution is 6.31. The number of hydrogen-bond acceptors (Lipinski definition) is 3. The van der Waals surface area contributed by atoms with Crippen LogP contribution in [-0.2, 0) is 9.59 Å². The summed E-state index contributed by atoms with van der Waals surface area (Å²) < 4.78 is 5.56. The summed E-state index contributed by atoms with van der Waals surface area (Å²) in [5, 5.41) is 12.0. The molecule has 0 aromatic heterocycles. The second kappa shape index (κ2) is 9.30. The molecule has 22 heavy (non-hydrogen) atoms. The minimum absolute atomic E-state index is 0.0560. The van der Waals surface area contributed by atoms with Gasteiger partial charge in [0.15, 0.2) is 0 Å². The first-order valence-corrected chi connectivity index (χ1v) is 7.66. The van der Waals surface area contributed by atoms with Crippen molar-refractivity contribution >= 4 is 23.5 Å². The zero-order valence-corrected chi connectivity index (χ0v) is 13.7. The Hall–Kier alpha value is -1.75. The Labute approximate surface area is 135 Å². The molecule has 6 heteroatoms. The van der Waals surface area contributed by atoms with Crippen LogP contribution in [-0.4, -0.2) is 29.6 Å². The average molecular weight is 328 g/mol. The molecule has 0 aliphatic heterocycles. The van der Waals surface area contributed by atoms with Gasteiger partial charge in [0.2, 0.25) is 5.91 Å². The maximum Gasteiger partial charge on any atom is 0.303 e. The number of amides is 1. The molecule has 1 aromatic carbocycles. The normalized spacial score (nSPS) is 11.8. The van der Waals surface area contributed by atoms with Gasteiger partial charge in [-0.3, -0.25) is 9.59 Å². The fraction of sp³-hybridized carbons (Fsp3) is 0.500. The molecule has 0 aliphatic rings. The van der Waals surface area contributed by atoms with E-state index >= 15 is 0 Å². The van der Waals surface area contributed by atoms with Crippen LogP contribution in [0.3, 0.4) is 0 Å². The number of halogens is 1. The minimum atomic E-state index is -0.854. The van der Waals surface area contributed by atoms with Crippen LogP contribution in [0.1, 0.15) is 38.2 Å². The predicted molar refractivity (Wildman–Crippen MR) is 85.4 cm³/mol. The zero-order valence-electron chi connectivity index (χ0n) is 12.9. The molecule has 0 saturated carbocycles. The van der Waals surface area contributed by atoms with Gasteiger partial charge in [-0.1, -0.05) is 11.6 Å². The van der Waals surface area contributed by atoms with Crippen molar-refractivity contribution < 1.29 is 19.4 Å². The van der Waals surface area contributed by atoms with E-state index in [9.17, 15) is 9.59 Å². The van der Waals surface area contributed by atoms with Gasteiger partial charge in [0, 0.05) is 23.9 Å². The lowest BCUT2D eigenvalue weighted by Gasteiger charge is -2.13. The standard InChI is InChI=1S/C16H22ClNO4/c1-11-10-13(6-7-14(11)17)22-9-3-4-15(19)18-12(2)5-8-16(20)21/h6-7,10,12H,3-5,8-9H2,1-2H3,(H,18,19)(H,20,21). The van der Waals surface area contributed by atoms with Crippen LogP contribution in [0.4, 0.5) is 0 Å². The number of carbonyl (C=O) groups excluding carboxylic acids is 1. The SMILES string of the molecule is Cc1cc(OCCCC(=O)NC(C)CCC(=O)O)ccc1Cl. The molecule has 0 bridgehead atoms. The second-order valence-corrected chi connectivity index (χ2v) is 5.67. The summed E-state index contributed by atoms with van der Waals surface area (Å²) >= 11 is 5.93. The van der Waals surface area contributed by atoms with E-state index in [-0.39, 0.29) is 18.4 Å². The number of rotatable bonds is 9. The van der Waals surface area contributed by atoms with Crippen LogP contribution in [0, 0.1) is 6.92 Å². The largest absolute Gasteiger partial charge is 0.494 e. The smallest absolute Gasteiger partial charge is 0.303 e. The molecular formula is C16H22ClNO4. The third-order valence-electron chi connectivity index (χ3n) is 3.14. The molecule has 1 rings (SSSR count). The Morgan fingerprint density at radius 2 is 2.09 bits per heavy atom. The highest BCUT2D eigenvalue weighted by Gasteiger charge is 2.09. The van der Waals surface area contributed by atoms with E-state index in [4.69, 9.17) is 21.4 Å². The number of carbonyl (C=O) groups is 2. The number of aliphatic carboxylic acids is 1. The summed E-state index contributed by atoms with van der Waals surface area (Å²) in [7, 11) is 0. The van der Waals surface area contributed by atoms with Crippen molar-refractivity contribution in [2.45, 2.75) is 45.6 Å². The molecule has 0 heterocycles. The molecule has 0 radical (unpaired) electrons. The van der Waals surface area contributed by atoms with Crippen LogP contribution >= 0.6 is 11.6 Å². The zero-order chi connectivity index (χ0) is 16.5. The molecule has 1 atom stereocenters. The first-order chi connectivity index (χ1) is 10.4. The molecule has 122 valence electrons. The highest BCUT2D eigenvalue weighted by Crippen LogP contribution is 2.21. The van der Waals surface area contributed by atoms with E-state index in [1.807, 2.05) is 13.0 Å². The van der Waals surface area contributed by atoms with Crippen molar-refractivity contribution in [3.8, 4) is 5.75 Å². The monoisotopic (exact) mass is 327 g/mol. The van der Waals surface area contributed by atoms with Crippen molar-refractivity contribution in [1.29, 1.82) is 0 Å². The average Bonchev–Trinajstić information content (AvgIpc) is 2.45. The third-order valence-corrected chi connectivity index (χ3v) is 3.57. The van der Waals surface area contributed by atoms with E-state index in [2.05, 4.69) is 5.32 Å². The lowest BCUT2D eigenvalue weighted by molar-refractivity contribution is -0.137. The highest BCUT2D eigenvalue weighted by atomic mass is 35.5. The number of ether oxygens (including phenoxy) is 1. The Bertz CT molecular complexity index is 519. The predicted octanol–water partition coefficient (Wildman–Crippen LogP) is 3.18. The van der Waals surface area contributed by atoms with Gasteiger partial charge in [0.25, 0.3) is 0 Å². The summed E-state index contributed by atoms with van der Waals surface area (Å²) in [6.07, 6.45) is 1.44. The summed E-state index contributed by atoms with van der Waals surface area (Å²) in [6.45, 7) is 4.15. The van der Waals surface area contributed by atoms with Crippen LogP contribution < -0.4 is 10.1 Å². The quantitative estimate of drug-likeness (QED) is 0.683. The Kier molecular flexibility index (Phi) is 7.74. The molecule has 1 aromatic rings. The molecule has 5 nitrogen and oxygen atoms in total. The topological polar surface area (TPSA) is 75.6 Å². The third kappa shape index (κ3) is 7.31. The molecule has 1 amide bonds. The van der Waals surface area contributed by atoms with Crippen molar-refractivity contribution in [2.24, 2.45) is 0 Å². The molecule has 2 N–H and O–H groups in total. The summed E-state index contributed by atoms with van der Waals surface area (Å²) in [5.41, 5.74) is 0.948. The van der Waals surface area contributed by atoms with Gasteiger partial charge in [-0.2, -0.15) is 0 Å². The minimum Gasteiger partial charge on any atom is -0.494 e. The number of nitrogens with one attached hydrogen (secondary N) is 1. The van der Waals surface area contributed by atoms with E-state index in [0.29, 0.717) is 30.9 Å². The number of carboxylic acid groups (broad SMARTS) is 1. The van der Waals surface area contributed by atoms with E-state index < -0.39 is 5.97 Å². The van der Waals surface area contributed by atoms with Gasteiger partial charge in [-0.15, -0.1) is 0 Å². The van der Waals surface area contributed by atoms with Crippen molar-refractivity contribution in [1.82, 2.24) is 5.32 Å². The number of hydrogen-bond donors (Lipinski definition) is 2. The van der Waals surface area contributed by atoms with Gasteiger partial charge in [0.05, 0.1) is 6.61 Å². The fourth-order valence-corrected chi connectivity index (χ4v) is 2.01. The lowest BCUT2D eigenvalue weighted by Crippen LogP contribution is -2.32. The number of aryl methyl sites for hydroxylation is 1. The molecular weight excluding hydrogens is 306 g/mol. The van der Waals surface area contributed by atoms with Crippen LogP contribution in [0.25, 0.3) is 0 Å². The summed E-state index contributed by atoms with van der Waals surface area (Å²) in [5.74, 6) is -0.210. The molecule has 0 aliphatic carbocycles. The van der Waals surface area contributed by atoms with Gasteiger partial charge in [-0.25, -0.2) is 0 Å². The number of benzene rings is 1. The maximum absolute atomic E-state index is 11.7. The first-order valence-electron chi connectivity index (χ1n) is 7.28. The molecule has 1 unspecified atom stereocenters. The molecule has 0 fully saturated rings. The van der Waals surface area contributed by atoms with Gasteiger partial charge in [0.1, 0.15) is 5.75 Å². The lowest BCUT2D eigenvalue weighted by atomic mass is 10.2. The Balaban J connectivity index is 2.19. The summed E-state index contributed by atoms with van der Waals surface area (Å²) in [6, 6.07) is 5.30. The molecule has 0 saturated heterocycles. The first kappa shape index (κ1) is 18.3. The van der Waals surface area contributed by atoms with Crippen molar-refractivity contribution in [3.63, 3.8) is 0 Å². The maximum atomic E-state index is 11.7. The van der Waals surface area contributed by atoms with E-state index in [0.717, 1.165) is 11.3 Å².